The van der Waals surface area contributed by atoms with Crippen molar-refractivity contribution in [2.45, 2.75) is 39.2 Å². The van der Waals surface area contributed by atoms with Crippen LogP contribution in [0.3, 0.4) is 0 Å². The highest BCUT2D eigenvalue weighted by atomic mass is 19.1. The number of hydrogen-bond donors (Lipinski definition) is 1. The number of aliphatic imine (C=N–C) groups is 2. The van der Waals surface area contributed by atoms with E-state index in [0.29, 0.717) is 16.9 Å². The zero-order valence-corrected chi connectivity index (χ0v) is 18.7. The molecule has 0 amide bonds. The molecule has 3 aromatic rings. The van der Waals surface area contributed by atoms with Crippen molar-refractivity contribution < 1.29 is 4.39 Å². The van der Waals surface area contributed by atoms with Gasteiger partial charge in [0.25, 0.3) is 5.56 Å². The highest BCUT2D eigenvalue weighted by Gasteiger charge is 2.22. The van der Waals surface area contributed by atoms with E-state index in [1.807, 2.05) is 50.4 Å². The molecule has 1 unspecified atom stereocenters. The van der Waals surface area contributed by atoms with Gasteiger partial charge in [0.2, 0.25) is 0 Å². The molecule has 0 spiro atoms. The van der Waals surface area contributed by atoms with Gasteiger partial charge in [0, 0.05) is 18.1 Å². The average Bonchev–Trinajstić information content (AvgIpc) is 3.02. The number of allylic oxidation sites excluding steroid dienone is 2. The summed E-state index contributed by atoms with van der Waals surface area (Å²) in [6.45, 7) is 3.86. The molecule has 5 nitrogen and oxygen atoms in total. The summed E-state index contributed by atoms with van der Waals surface area (Å²) < 4.78 is 16.4. The van der Waals surface area contributed by atoms with Crippen molar-refractivity contribution in [3.8, 4) is 5.69 Å². The Balaban J connectivity index is 1.67. The number of amidine groups is 1. The van der Waals surface area contributed by atoms with Crippen LogP contribution in [0, 0.1) is 12.7 Å². The van der Waals surface area contributed by atoms with Crippen molar-refractivity contribution in [2.75, 3.05) is 0 Å². The molecule has 0 saturated heterocycles. The van der Waals surface area contributed by atoms with Gasteiger partial charge >= 0.3 is 0 Å². The smallest absolute Gasteiger partial charge is 0.263 e. The molecule has 3 heterocycles. The third-order valence-electron chi connectivity index (χ3n) is 6.20. The molecule has 1 atom stereocenters. The van der Waals surface area contributed by atoms with Crippen LogP contribution >= 0.6 is 0 Å². The van der Waals surface area contributed by atoms with Gasteiger partial charge in [0.05, 0.1) is 17.1 Å². The summed E-state index contributed by atoms with van der Waals surface area (Å²) in [6.07, 6.45) is 8.44. The van der Waals surface area contributed by atoms with Crippen LogP contribution in [0.5, 0.6) is 0 Å². The summed E-state index contributed by atoms with van der Waals surface area (Å²) in [5.41, 5.74) is 3.60. The topological polar surface area (TPSA) is 58.8 Å². The number of benzene rings is 2. The Morgan fingerprint density at radius 2 is 2.00 bits per heavy atom. The van der Waals surface area contributed by atoms with Gasteiger partial charge in [-0.15, -0.1) is 0 Å². The minimum atomic E-state index is -0.447. The molecule has 6 heteroatoms. The van der Waals surface area contributed by atoms with Crippen molar-refractivity contribution in [1.82, 2.24) is 9.88 Å². The molecule has 0 saturated carbocycles. The standard InChI is InChI=1S/C27H25FN4O/c1-17-8-5-9-20-16-23(32(27(33)24(17)20)22-13-4-3-12-21(22)28)18(2)31-26-25-19(10-6-14-29-25)11-7-15-30-26/h3-5,7-9,12-16,18H,6,10-11H2,1-2H3,(H,30,31). The predicted octanol–water partition coefficient (Wildman–Crippen LogP) is 5.52. The van der Waals surface area contributed by atoms with Crippen LogP contribution in [0.4, 0.5) is 4.39 Å². The normalized spacial score (nSPS) is 16.4. The van der Waals surface area contributed by atoms with Crippen LogP contribution in [0.1, 0.15) is 43.5 Å². The number of rotatable bonds is 3. The highest BCUT2D eigenvalue weighted by molar-refractivity contribution is 6.01. The maximum atomic E-state index is 14.9. The Bertz CT molecular complexity index is 1430. The molecule has 5 rings (SSSR count). The van der Waals surface area contributed by atoms with Crippen LogP contribution in [0.2, 0.25) is 0 Å². The van der Waals surface area contributed by atoms with E-state index in [1.54, 1.807) is 24.4 Å². The lowest BCUT2D eigenvalue weighted by molar-refractivity contribution is 0.601. The maximum absolute atomic E-state index is 14.9. The number of aromatic nitrogens is 1. The van der Waals surface area contributed by atoms with Gasteiger partial charge in [-0.1, -0.05) is 36.4 Å². The molecule has 2 aliphatic heterocycles. The molecule has 166 valence electrons. The molecule has 0 aliphatic carbocycles. The SMILES string of the molecule is Cc1cccc2cc(C(C)NC3=NC=CCC4=C3N=CCC4)n(-c3ccccc3F)c(=O)c12. The van der Waals surface area contributed by atoms with Crippen LogP contribution in [0.25, 0.3) is 16.5 Å². The van der Waals surface area contributed by atoms with Gasteiger partial charge in [-0.3, -0.25) is 14.4 Å². The molecule has 1 aromatic heterocycles. The molecule has 0 fully saturated rings. The largest absolute Gasteiger partial charge is 0.360 e. The number of halogens is 1. The number of pyridine rings is 1. The second-order valence-electron chi connectivity index (χ2n) is 8.44. The van der Waals surface area contributed by atoms with E-state index in [4.69, 9.17) is 0 Å². The number of fused-ring (bicyclic) bond motifs is 1. The summed E-state index contributed by atoms with van der Waals surface area (Å²) in [6, 6.07) is 13.7. The van der Waals surface area contributed by atoms with Crippen LogP contribution in [0.15, 0.2) is 86.9 Å². The average molecular weight is 441 g/mol. The third-order valence-corrected chi connectivity index (χ3v) is 6.20. The molecule has 0 bridgehead atoms. The predicted molar refractivity (Wildman–Crippen MR) is 132 cm³/mol. The summed E-state index contributed by atoms with van der Waals surface area (Å²) in [4.78, 5) is 22.9. The van der Waals surface area contributed by atoms with Crippen LogP contribution in [-0.4, -0.2) is 16.6 Å². The molecule has 1 N–H and O–H groups in total. The first-order chi connectivity index (χ1) is 16.0. The van der Waals surface area contributed by atoms with Gasteiger partial charge < -0.3 is 5.32 Å². The molecule has 2 aliphatic rings. The molecule has 0 radical (unpaired) electrons. The van der Waals surface area contributed by atoms with Crippen molar-refractivity contribution in [1.29, 1.82) is 0 Å². The van der Waals surface area contributed by atoms with E-state index >= 15 is 0 Å². The van der Waals surface area contributed by atoms with Crippen LogP contribution in [-0.2, 0) is 0 Å². The van der Waals surface area contributed by atoms with Gasteiger partial charge in [-0.2, -0.15) is 0 Å². The monoisotopic (exact) mass is 440 g/mol. The number of para-hydroxylation sites is 1. The summed E-state index contributed by atoms with van der Waals surface area (Å²) in [5.74, 6) is 0.219. The van der Waals surface area contributed by atoms with Gasteiger partial charge in [-0.05, 0) is 67.8 Å². The summed E-state index contributed by atoms with van der Waals surface area (Å²) >= 11 is 0. The lowest BCUT2D eigenvalue weighted by Gasteiger charge is -2.24. The first-order valence-electron chi connectivity index (χ1n) is 11.2. The first kappa shape index (κ1) is 21.1. The lowest BCUT2D eigenvalue weighted by atomic mass is 10.0. The van der Waals surface area contributed by atoms with Gasteiger partial charge in [0.1, 0.15) is 11.5 Å². The van der Waals surface area contributed by atoms with Crippen molar-refractivity contribution in [3.05, 3.63) is 99.5 Å². The quantitative estimate of drug-likeness (QED) is 0.583. The van der Waals surface area contributed by atoms with Gasteiger partial charge in [-0.25, -0.2) is 9.38 Å². The zero-order valence-electron chi connectivity index (χ0n) is 18.7. The Kier molecular flexibility index (Phi) is 5.50. The second-order valence-corrected chi connectivity index (χ2v) is 8.44. The van der Waals surface area contributed by atoms with Crippen molar-refractivity contribution in [3.63, 3.8) is 0 Å². The fraction of sp³-hybridized carbons (Fsp3) is 0.222. The Morgan fingerprint density at radius 3 is 2.85 bits per heavy atom. The Hall–Kier alpha value is -3.80. The van der Waals surface area contributed by atoms with E-state index in [-0.39, 0.29) is 17.3 Å². The zero-order chi connectivity index (χ0) is 22.9. The summed E-state index contributed by atoms with van der Waals surface area (Å²) in [5, 5.41) is 4.87. The van der Waals surface area contributed by atoms with Crippen LogP contribution < -0.4 is 10.9 Å². The third kappa shape index (κ3) is 3.82. The second kappa shape index (κ2) is 8.62. The van der Waals surface area contributed by atoms with E-state index in [1.165, 1.54) is 16.2 Å². The van der Waals surface area contributed by atoms with E-state index in [0.717, 1.165) is 35.9 Å². The molecule has 33 heavy (non-hydrogen) atoms. The Labute approximate surface area is 191 Å². The molecular weight excluding hydrogens is 415 g/mol. The van der Waals surface area contributed by atoms with E-state index in [2.05, 4.69) is 15.3 Å². The molecular formula is C27H25FN4O. The maximum Gasteiger partial charge on any atom is 0.263 e. The first-order valence-corrected chi connectivity index (χ1v) is 11.2. The molecule has 2 aromatic carbocycles. The van der Waals surface area contributed by atoms with E-state index in [9.17, 15) is 9.18 Å². The number of aryl methyl sites for hydroxylation is 1. The number of nitrogens with one attached hydrogen (secondary N) is 1. The highest BCUT2D eigenvalue weighted by Crippen LogP contribution is 2.27. The minimum absolute atomic E-state index is 0.231. The Morgan fingerprint density at radius 1 is 1.15 bits per heavy atom. The van der Waals surface area contributed by atoms with Crippen molar-refractivity contribution >= 4 is 22.8 Å². The summed E-state index contributed by atoms with van der Waals surface area (Å²) in [7, 11) is 0. The lowest BCUT2D eigenvalue weighted by Crippen LogP contribution is -2.33. The fourth-order valence-electron chi connectivity index (χ4n) is 4.56. The number of hydrogen-bond acceptors (Lipinski definition) is 4. The fourth-order valence-corrected chi connectivity index (χ4v) is 4.56. The minimum Gasteiger partial charge on any atom is -0.360 e. The van der Waals surface area contributed by atoms with Crippen molar-refractivity contribution in [2.24, 2.45) is 9.98 Å². The number of nitrogens with zero attached hydrogens (tertiary/aromatic N) is 3. The van der Waals surface area contributed by atoms with E-state index < -0.39 is 5.82 Å². The van der Waals surface area contributed by atoms with Gasteiger partial charge in [0.15, 0.2) is 5.84 Å².